The molecule has 1 unspecified atom stereocenters. The van der Waals surface area contributed by atoms with Gasteiger partial charge in [0.2, 0.25) is 0 Å². The molecule has 1 heterocycles. The summed E-state index contributed by atoms with van der Waals surface area (Å²) in [5, 5.41) is 2.99. The molecular formula is C19H19F2N3O2S. The van der Waals surface area contributed by atoms with Gasteiger partial charge < -0.3 is 15.8 Å². The van der Waals surface area contributed by atoms with Crippen LogP contribution in [-0.2, 0) is 10.3 Å². The summed E-state index contributed by atoms with van der Waals surface area (Å²) in [5.41, 5.74) is 6.08. The van der Waals surface area contributed by atoms with Crippen molar-refractivity contribution in [2.75, 3.05) is 17.7 Å². The number of thioether (sulfide) groups is 1. The fourth-order valence-corrected chi connectivity index (χ4v) is 3.69. The number of nitrogens with two attached hydrogens (primary N) is 1. The van der Waals surface area contributed by atoms with E-state index in [9.17, 15) is 13.6 Å². The lowest BCUT2D eigenvalue weighted by Crippen LogP contribution is -2.29. The molecule has 2 aromatic rings. The van der Waals surface area contributed by atoms with E-state index in [4.69, 9.17) is 10.5 Å². The minimum absolute atomic E-state index is 0.0495. The van der Waals surface area contributed by atoms with Crippen LogP contribution in [0.25, 0.3) is 0 Å². The maximum Gasteiger partial charge on any atom is 0.262 e. The lowest BCUT2D eigenvalue weighted by atomic mass is 9.89. The van der Waals surface area contributed by atoms with E-state index in [-0.39, 0.29) is 12.3 Å². The Labute approximate surface area is 160 Å². The third kappa shape index (κ3) is 4.77. The zero-order valence-corrected chi connectivity index (χ0v) is 15.5. The van der Waals surface area contributed by atoms with Crippen LogP contribution in [0.3, 0.4) is 0 Å². The lowest BCUT2D eigenvalue weighted by Gasteiger charge is -2.30. The smallest absolute Gasteiger partial charge is 0.262 e. The van der Waals surface area contributed by atoms with Gasteiger partial charge in [0.25, 0.3) is 5.91 Å². The Balaban J connectivity index is 1.70. The second-order valence-electron chi connectivity index (χ2n) is 6.31. The summed E-state index contributed by atoms with van der Waals surface area (Å²) in [6.07, 6.45) is 0.755. The summed E-state index contributed by atoms with van der Waals surface area (Å²) in [6.45, 7) is 1.60. The Morgan fingerprint density at radius 2 is 2.04 bits per heavy atom. The van der Waals surface area contributed by atoms with Crippen molar-refractivity contribution in [1.82, 2.24) is 0 Å². The Morgan fingerprint density at radius 3 is 2.74 bits per heavy atom. The predicted octanol–water partition coefficient (Wildman–Crippen LogP) is 3.65. The normalized spacial score (nSPS) is 19.3. The topological polar surface area (TPSA) is 76.7 Å². The van der Waals surface area contributed by atoms with Crippen LogP contribution < -0.4 is 15.8 Å². The van der Waals surface area contributed by atoms with Crippen molar-refractivity contribution in [2.24, 2.45) is 10.7 Å². The summed E-state index contributed by atoms with van der Waals surface area (Å²) in [7, 11) is 0. The van der Waals surface area contributed by atoms with Crippen molar-refractivity contribution in [2.45, 2.75) is 18.9 Å². The van der Waals surface area contributed by atoms with Crippen LogP contribution in [0.1, 0.15) is 18.9 Å². The number of aliphatic imine (C=N–C) groups is 1. The molecule has 1 aliphatic rings. The van der Waals surface area contributed by atoms with Crippen LogP contribution in [-0.4, -0.2) is 23.4 Å². The number of carbonyl (C=O) groups excluding carboxylic acids is 1. The van der Waals surface area contributed by atoms with Crippen LogP contribution in [0.4, 0.5) is 14.5 Å². The highest BCUT2D eigenvalue weighted by Crippen LogP contribution is 2.36. The van der Waals surface area contributed by atoms with Gasteiger partial charge in [-0.05, 0) is 55.3 Å². The third-order valence-corrected chi connectivity index (χ3v) is 5.04. The molecule has 1 aliphatic heterocycles. The first-order chi connectivity index (χ1) is 12.9. The molecule has 3 rings (SSSR count). The van der Waals surface area contributed by atoms with E-state index in [0.717, 1.165) is 17.7 Å². The molecule has 27 heavy (non-hydrogen) atoms. The maximum atomic E-state index is 14.1. The standard InChI is InChI=1S/C19H19F2N3O2S/c1-19(8-9-27-18(22)24-19)12-2-7-15(21)16(10-12)23-17(25)11-26-14-5-3-13(20)4-6-14/h2-7,10H,8-9,11H2,1H3,(H2,22,24)(H,23,25). The van der Waals surface area contributed by atoms with Crippen molar-refractivity contribution in [1.29, 1.82) is 0 Å². The van der Waals surface area contributed by atoms with Crippen molar-refractivity contribution in [3.05, 3.63) is 59.7 Å². The van der Waals surface area contributed by atoms with Crippen LogP contribution in [0.5, 0.6) is 5.75 Å². The van der Waals surface area contributed by atoms with Crippen LogP contribution in [0, 0.1) is 11.6 Å². The monoisotopic (exact) mass is 391 g/mol. The molecule has 2 aromatic carbocycles. The van der Waals surface area contributed by atoms with Gasteiger partial charge in [0.1, 0.15) is 17.4 Å². The van der Waals surface area contributed by atoms with Crippen molar-refractivity contribution in [3.63, 3.8) is 0 Å². The predicted molar refractivity (Wildman–Crippen MR) is 103 cm³/mol. The summed E-state index contributed by atoms with van der Waals surface area (Å²) >= 11 is 1.48. The number of rotatable bonds is 5. The van der Waals surface area contributed by atoms with Gasteiger partial charge in [-0.1, -0.05) is 17.8 Å². The van der Waals surface area contributed by atoms with Crippen LogP contribution >= 0.6 is 11.8 Å². The van der Waals surface area contributed by atoms with Gasteiger partial charge in [-0.3, -0.25) is 9.79 Å². The molecule has 5 nitrogen and oxygen atoms in total. The first-order valence-electron chi connectivity index (χ1n) is 8.32. The number of ether oxygens (including phenoxy) is 1. The van der Waals surface area contributed by atoms with Crippen molar-refractivity contribution < 1.29 is 18.3 Å². The molecule has 0 bridgehead atoms. The molecule has 0 saturated heterocycles. The molecule has 1 amide bonds. The first-order valence-corrected chi connectivity index (χ1v) is 9.31. The van der Waals surface area contributed by atoms with Gasteiger partial charge in [0.05, 0.1) is 11.2 Å². The van der Waals surface area contributed by atoms with E-state index in [1.165, 1.54) is 42.1 Å². The first kappa shape index (κ1) is 19.2. The SMILES string of the molecule is CC1(c2ccc(F)c(NC(=O)COc3ccc(F)cc3)c2)CCSC(N)=N1. The third-order valence-electron chi connectivity index (χ3n) is 4.24. The number of benzene rings is 2. The van der Waals surface area contributed by atoms with Gasteiger partial charge in [0, 0.05) is 5.75 Å². The molecule has 0 spiro atoms. The Hall–Kier alpha value is -2.61. The van der Waals surface area contributed by atoms with E-state index in [2.05, 4.69) is 10.3 Å². The van der Waals surface area contributed by atoms with E-state index in [1.807, 2.05) is 6.92 Å². The number of halogens is 2. The number of anilines is 1. The number of carbonyl (C=O) groups is 1. The molecule has 142 valence electrons. The summed E-state index contributed by atoms with van der Waals surface area (Å²) < 4.78 is 32.3. The molecule has 1 atom stereocenters. The number of hydrogen-bond acceptors (Lipinski definition) is 5. The van der Waals surface area contributed by atoms with E-state index >= 15 is 0 Å². The van der Waals surface area contributed by atoms with Crippen molar-refractivity contribution in [3.8, 4) is 5.75 Å². The summed E-state index contributed by atoms with van der Waals surface area (Å²) in [5.74, 6) is -0.320. The quantitative estimate of drug-likeness (QED) is 0.816. The minimum atomic E-state index is -0.562. The average molecular weight is 391 g/mol. The zero-order chi connectivity index (χ0) is 19.4. The molecule has 0 aliphatic carbocycles. The lowest BCUT2D eigenvalue weighted by molar-refractivity contribution is -0.118. The molecule has 3 N–H and O–H groups in total. The fourth-order valence-electron chi connectivity index (χ4n) is 2.72. The zero-order valence-electron chi connectivity index (χ0n) is 14.7. The molecule has 8 heteroatoms. The Bertz CT molecular complexity index is 874. The van der Waals surface area contributed by atoms with Crippen molar-refractivity contribution >= 4 is 28.5 Å². The molecule has 0 fully saturated rings. The number of nitrogens with zero attached hydrogens (tertiary/aromatic N) is 1. The van der Waals surface area contributed by atoms with Gasteiger partial charge >= 0.3 is 0 Å². The van der Waals surface area contributed by atoms with Gasteiger partial charge in [-0.15, -0.1) is 0 Å². The van der Waals surface area contributed by atoms with E-state index in [1.54, 1.807) is 12.1 Å². The highest BCUT2D eigenvalue weighted by atomic mass is 32.2. The minimum Gasteiger partial charge on any atom is -0.484 e. The molecule has 0 saturated carbocycles. The molecular weight excluding hydrogens is 372 g/mol. The van der Waals surface area contributed by atoms with E-state index < -0.39 is 23.1 Å². The van der Waals surface area contributed by atoms with Crippen LogP contribution in [0.15, 0.2) is 47.5 Å². The second kappa shape index (κ2) is 7.96. The van der Waals surface area contributed by atoms with Gasteiger partial charge in [-0.25, -0.2) is 8.78 Å². The average Bonchev–Trinajstić information content (AvgIpc) is 2.63. The number of nitrogens with one attached hydrogen (secondary N) is 1. The summed E-state index contributed by atoms with van der Waals surface area (Å²) in [4.78, 5) is 16.6. The second-order valence-corrected chi connectivity index (χ2v) is 7.42. The highest BCUT2D eigenvalue weighted by Gasteiger charge is 2.30. The summed E-state index contributed by atoms with van der Waals surface area (Å²) in [6, 6.07) is 9.79. The Kier molecular flexibility index (Phi) is 5.65. The highest BCUT2D eigenvalue weighted by molar-refractivity contribution is 8.13. The van der Waals surface area contributed by atoms with Gasteiger partial charge in [-0.2, -0.15) is 0 Å². The van der Waals surface area contributed by atoms with Gasteiger partial charge in [0.15, 0.2) is 11.8 Å². The largest absolute Gasteiger partial charge is 0.484 e. The number of hydrogen-bond donors (Lipinski definition) is 2. The fraction of sp³-hybridized carbons (Fsp3) is 0.263. The number of amides is 1. The molecule has 0 radical (unpaired) electrons. The molecule has 0 aromatic heterocycles. The maximum absolute atomic E-state index is 14.1. The van der Waals surface area contributed by atoms with Crippen LogP contribution in [0.2, 0.25) is 0 Å². The van der Waals surface area contributed by atoms with E-state index in [0.29, 0.717) is 10.9 Å². The number of amidine groups is 1. The Morgan fingerprint density at radius 1 is 1.30 bits per heavy atom.